The minimum Gasteiger partial charge on any atom is -0.341 e. The van der Waals surface area contributed by atoms with Gasteiger partial charge in [-0.05, 0) is 61.6 Å². The molecule has 3 amide bonds. The predicted molar refractivity (Wildman–Crippen MR) is 124 cm³/mol. The summed E-state index contributed by atoms with van der Waals surface area (Å²) in [6.07, 6.45) is 4.07. The third-order valence-electron chi connectivity index (χ3n) is 6.45. The first-order chi connectivity index (χ1) is 15.5. The number of hydrogen-bond donors (Lipinski definition) is 1. The fourth-order valence-electron chi connectivity index (χ4n) is 4.53. The second kappa shape index (κ2) is 9.55. The van der Waals surface area contributed by atoms with Crippen LogP contribution in [0.1, 0.15) is 59.7 Å². The molecule has 2 aromatic rings. The first kappa shape index (κ1) is 22.1. The minimum atomic E-state index is -0.509. The number of carbonyl (C=O) groups is 3. The van der Waals surface area contributed by atoms with Gasteiger partial charge in [0.05, 0.1) is 0 Å². The van der Waals surface area contributed by atoms with E-state index in [4.69, 9.17) is 0 Å². The van der Waals surface area contributed by atoms with Crippen molar-refractivity contribution in [3.8, 4) is 0 Å². The number of aryl methyl sites for hydroxylation is 1. The molecule has 32 heavy (non-hydrogen) atoms. The number of nitrogens with zero attached hydrogens (tertiary/aromatic N) is 2. The molecule has 6 nitrogen and oxygen atoms in total. The Morgan fingerprint density at radius 2 is 1.69 bits per heavy atom. The summed E-state index contributed by atoms with van der Waals surface area (Å²) >= 11 is 0. The van der Waals surface area contributed by atoms with E-state index in [1.165, 1.54) is 0 Å². The van der Waals surface area contributed by atoms with Crippen LogP contribution in [0, 0.1) is 6.92 Å². The van der Waals surface area contributed by atoms with Gasteiger partial charge in [-0.15, -0.1) is 0 Å². The summed E-state index contributed by atoms with van der Waals surface area (Å²) in [5.41, 5.74) is 4.43. The van der Waals surface area contributed by atoms with E-state index in [0.29, 0.717) is 24.9 Å². The molecule has 2 heterocycles. The highest BCUT2D eigenvalue weighted by Gasteiger charge is 2.37. The van der Waals surface area contributed by atoms with Gasteiger partial charge in [-0.2, -0.15) is 0 Å². The molecule has 0 aromatic heterocycles. The smallest absolute Gasteiger partial charge is 0.254 e. The Kier molecular flexibility index (Phi) is 6.58. The summed E-state index contributed by atoms with van der Waals surface area (Å²) in [5, 5.41) is 2.89. The molecule has 1 N–H and O–H groups in total. The van der Waals surface area contributed by atoms with Crippen LogP contribution in [-0.2, 0) is 22.6 Å². The van der Waals surface area contributed by atoms with Gasteiger partial charge in [0.2, 0.25) is 11.8 Å². The number of fused-ring (bicyclic) bond motifs is 1. The standard InChI is InChI=1S/C26H31N3O3/c1-3-24(30)27-22-12-11-20-16-23(26(32)28-13-5-4-6-14-28)29(17-21(20)15-22)25(31)19-9-7-18(2)8-10-19/h7-12,15,23H,3-6,13-14,16-17H2,1-2H3,(H,27,30)/t23-/m1/s1. The zero-order chi connectivity index (χ0) is 22.7. The lowest BCUT2D eigenvalue weighted by Crippen LogP contribution is -2.54. The molecule has 0 bridgehead atoms. The van der Waals surface area contributed by atoms with E-state index >= 15 is 0 Å². The number of rotatable bonds is 4. The molecule has 0 unspecified atom stereocenters. The number of hydrogen-bond acceptors (Lipinski definition) is 3. The Balaban J connectivity index is 1.65. The summed E-state index contributed by atoms with van der Waals surface area (Å²) in [6, 6.07) is 12.8. The Bertz CT molecular complexity index is 1010. The van der Waals surface area contributed by atoms with Crippen molar-refractivity contribution in [2.45, 2.75) is 58.5 Å². The molecular formula is C26H31N3O3. The van der Waals surface area contributed by atoms with E-state index in [-0.39, 0.29) is 17.7 Å². The predicted octanol–water partition coefficient (Wildman–Crippen LogP) is 3.92. The molecular weight excluding hydrogens is 402 g/mol. The quantitative estimate of drug-likeness (QED) is 0.795. The zero-order valence-corrected chi connectivity index (χ0v) is 18.9. The molecule has 1 atom stereocenters. The molecule has 2 aliphatic heterocycles. The average Bonchev–Trinajstić information content (AvgIpc) is 2.83. The van der Waals surface area contributed by atoms with Gasteiger partial charge < -0.3 is 15.1 Å². The number of benzene rings is 2. The molecule has 2 aliphatic rings. The molecule has 1 saturated heterocycles. The van der Waals surface area contributed by atoms with Crippen LogP contribution in [0.15, 0.2) is 42.5 Å². The Hall–Kier alpha value is -3.15. The van der Waals surface area contributed by atoms with E-state index in [1.807, 2.05) is 61.2 Å². The lowest BCUT2D eigenvalue weighted by atomic mass is 9.91. The van der Waals surface area contributed by atoms with E-state index in [9.17, 15) is 14.4 Å². The van der Waals surface area contributed by atoms with Gasteiger partial charge in [-0.3, -0.25) is 14.4 Å². The summed E-state index contributed by atoms with van der Waals surface area (Å²) in [5.74, 6) is -0.139. The van der Waals surface area contributed by atoms with Gasteiger partial charge in [0.25, 0.3) is 5.91 Å². The van der Waals surface area contributed by atoms with Crippen LogP contribution in [0.4, 0.5) is 5.69 Å². The van der Waals surface area contributed by atoms with Crippen molar-refractivity contribution < 1.29 is 14.4 Å². The largest absolute Gasteiger partial charge is 0.341 e. The van der Waals surface area contributed by atoms with Crippen LogP contribution in [0.25, 0.3) is 0 Å². The van der Waals surface area contributed by atoms with Crippen LogP contribution in [0.3, 0.4) is 0 Å². The van der Waals surface area contributed by atoms with Crippen LogP contribution < -0.4 is 5.32 Å². The number of amides is 3. The molecule has 1 fully saturated rings. The maximum atomic E-state index is 13.5. The van der Waals surface area contributed by atoms with Crippen molar-refractivity contribution >= 4 is 23.4 Å². The summed E-state index contributed by atoms with van der Waals surface area (Å²) in [4.78, 5) is 42.5. The molecule has 0 aliphatic carbocycles. The summed E-state index contributed by atoms with van der Waals surface area (Å²) < 4.78 is 0. The van der Waals surface area contributed by atoms with E-state index in [1.54, 1.807) is 4.90 Å². The summed E-state index contributed by atoms with van der Waals surface area (Å²) in [6.45, 7) is 5.67. The van der Waals surface area contributed by atoms with Crippen molar-refractivity contribution in [1.82, 2.24) is 9.80 Å². The van der Waals surface area contributed by atoms with Gasteiger partial charge in [0, 0.05) is 43.7 Å². The third-order valence-corrected chi connectivity index (χ3v) is 6.45. The monoisotopic (exact) mass is 433 g/mol. The van der Waals surface area contributed by atoms with Crippen molar-refractivity contribution in [2.75, 3.05) is 18.4 Å². The molecule has 6 heteroatoms. The third kappa shape index (κ3) is 4.69. The van der Waals surface area contributed by atoms with Crippen molar-refractivity contribution in [1.29, 1.82) is 0 Å². The van der Waals surface area contributed by atoms with Gasteiger partial charge in [-0.1, -0.05) is 30.7 Å². The highest BCUT2D eigenvalue weighted by molar-refractivity contribution is 5.98. The number of anilines is 1. The van der Waals surface area contributed by atoms with Crippen LogP contribution in [0.2, 0.25) is 0 Å². The SMILES string of the molecule is CCC(=O)Nc1ccc2c(c1)CN(C(=O)c1ccc(C)cc1)[C@@H](C(=O)N1CCCCC1)C2. The Labute approximate surface area is 189 Å². The summed E-state index contributed by atoms with van der Waals surface area (Å²) in [7, 11) is 0. The lowest BCUT2D eigenvalue weighted by molar-refractivity contribution is -0.137. The number of nitrogens with one attached hydrogen (secondary N) is 1. The first-order valence-electron chi connectivity index (χ1n) is 11.5. The highest BCUT2D eigenvalue weighted by Crippen LogP contribution is 2.29. The normalized spacial score (nSPS) is 18.1. The molecule has 4 rings (SSSR count). The van der Waals surface area contributed by atoms with Crippen molar-refractivity contribution in [3.05, 3.63) is 64.7 Å². The average molecular weight is 434 g/mol. The van der Waals surface area contributed by atoms with E-state index in [2.05, 4.69) is 5.32 Å². The van der Waals surface area contributed by atoms with Gasteiger partial charge in [-0.25, -0.2) is 0 Å². The van der Waals surface area contributed by atoms with Crippen LogP contribution in [0.5, 0.6) is 0 Å². The first-order valence-corrected chi connectivity index (χ1v) is 11.5. The minimum absolute atomic E-state index is 0.0409. The topological polar surface area (TPSA) is 69.7 Å². The maximum absolute atomic E-state index is 13.5. The number of likely N-dealkylation sites (tertiary alicyclic amines) is 1. The number of piperidine rings is 1. The Morgan fingerprint density at radius 1 is 0.969 bits per heavy atom. The zero-order valence-electron chi connectivity index (χ0n) is 18.9. The second-order valence-electron chi connectivity index (χ2n) is 8.79. The van der Waals surface area contributed by atoms with Crippen LogP contribution in [-0.4, -0.2) is 46.7 Å². The second-order valence-corrected chi connectivity index (χ2v) is 8.79. The van der Waals surface area contributed by atoms with Gasteiger partial charge in [0.15, 0.2) is 0 Å². The van der Waals surface area contributed by atoms with Gasteiger partial charge in [0.1, 0.15) is 6.04 Å². The fourth-order valence-corrected chi connectivity index (χ4v) is 4.53. The molecule has 2 aromatic carbocycles. The number of carbonyl (C=O) groups excluding carboxylic acids is 3. The van der Waals surface area contributed by atoms with Gasteiger partial charge >= 0.3 is 0 Å². The molecule has 0 radical (unpaired) electrons. The molecule has 0 saturated carbocycles. The molecule has 0 spiro atoms. The van der Waals surface area contributed by atoms with Crippen LogP contribution >= 0.6 is 0 Å². The van der Waals surface area contributed by atoms with Crippen molar-refractivity contribution in [3.63, 3.8) is 0 Å². The fraction of sp³-hybridized carbons (Fsp3) is 0.423. The van der Waals surface area contributed by atoms with Crippen molar-refractivity contribution in [2.24, 2.45) is 0 Å². The van der Waals surface area contributed by atoms with E-state index < -0.39 is 6.04 Å². The maximum Gasteiger partial charge on any atom is 0.254 e. The lowest BCUT2D eigenvalue weighted by Gasteiger charge is -2.39. The van der Waals surface area contributed by atoms with E-state index in [0.717, 1.165) is 54.7 Å². The highest BCUT2D eigenvalue weighted by atomic mass is 16.2. The molecule has 168 valence electrons. The Morgan fingerprint density at radius 3 is 2.38 bits per heavy atom.